The number of nitrogens with zero attached hydrogens (tertiary/aromatic N) is 1. The van der Waals surface area contributed by atoms with E-state index in [1.165, 1.54) is 18.2 Å². The Morgan fingerprint density at radius 3 is 2.57 bits per heavy atom. The highest BCUT2D eigenvalue weighted by atomic mass is 35.5. The van der Waals surface area contributed by atoms with Crippen molar-refractivity contribution >= 4 is 33.2 Å². The summed E-state index contributed by atoms with van der Waals surface area (Å²) in [7, 11) is -3.88. The Balaban J connectivity index is 1.74. The molecule has 30 heavy (non-hydrogen) atoms. The van der Waals surface area contributed by atoms with Crippen LogP contribution in [0, 0.1) is 13.8 Å². The van der Waals surface area contributed by atoms with E-state index in [-0.39, 0.29) is 15.5 Å². The number of hydrogen-bond acceptors (Lipinski definition) is 4. The topological polar surface area (TPSA) is 88.2 Å². The minimum absolute atomic E-state index is 0.0393. The zero-order chi connectivity index (χ0) is 21.7. The highest BCUT2D eigenvalue weighted by Gasteiger charge is 2.19. The van der Waals surface area contributed by atoms with Gasteiger partial charge in [-0.2, -0.15) is 0 Å². The highest BCUT2D eigenvalue weighted by molar-refractivity contribution is 7.92. The molecule has 2 aromatic carbocycles. The van der Waals surface area contributed by atoms with Gasteiger partial charge in [0.2, 0.25) is 0 Å². The van der Waals surface area contributed by atoms with Crippen molar-refractivity contribution in [2.24, 2.45) is 0 Å². The molecule has 3 aromatic rings. The maximum absolute atomic E-state index is 12.8. The highest BCUT2D eigenvalue weighted by Crippen LogP contribution is 2.23. The Bertz CT molecular complexity index is 1170. The van der Waals surface area contributed by atoms with Crippen molar-refractivity contribution < 1.29 is 13.2 Å². The van der Waals surface area contributed by atoms with Crippen LogP contribution in [0.3, 0.4) is 0 Å². The first kappa shape index (κ1) is 21.8. The molecule has 0 saturated heterocycles. The van der Waals surface area contributed by atoms with Crippen molar-refractivity contribution in [1.29, 1.82) is 0 Å². The number of benzene rings is 2. The number of carbonyl (C=O) groups is 1. The summed E-state index contributed by atoms with van der Waals surface area (Å²) in [5, 5.41) is 2.94. The van der Waals surface area contributed by atoms with Gasteiger partial charge in [0.05, 0.1) is 15.5 Å². The molecule has 0 aliphatic rings. The van der Waals surface area contributed by atoms with E-state index in [1.807, 2.05) is 32.0 Å². The lowest BCUT2D eigenvalue weighted by Crippen LogP contribution is -2.26. The molecule has 0 aliphatic heterocycles. The SMILES string of the molecule is Cc1ccc(NS(=O)(=O)c2ccc(Cl)c(C(=O)NCCc3cccnc3)c2)cc1C. The monoisotopic (exact) mass is 443 g/mol. The summed E-state index contributed by atoms with van der Waals surface area (Å²) < 4.78 is 28.1. The van der Waals surface area contributed by atoms with Gasteiger partial charge in [0.15, 0.2) is 0 Å². The van der Waals surface area contributed by atoms with E-state index in [0.717, 1.165) is 16.7 Å². The number of carbonyl (C=O) groups excluding carboxylic acids is 1. The number of nitrogens with one attached hydrogen (secondary N) is 2. The maximum atomic E-state index is 12.8. The number of sulfonamides is 1. The van der Waals surface area contributed by atoms with Crippen molar-refractivity contribution in [3.63, 3.8) is 0 Å². The smallest absolute Gasteiger partial charge is 0.261 e. The second kappa shape index (κ2) is 9.28. The van der Waals surface area contributed by atoms with Crippen LogP contribution in [-0.2, 0) is 16.4 Å². The van der Waals surface area contributed by atoms with Gasteiger partial charge in [0.1, 0.15) is 0 Å². The maximum Gasteiger partial charge on any atom is 0.261 e. The van der Waals surface area contributed by atoms with Crippen LogP contribution in [0.2, 0.25) is 5.02 Å². The first-order chi connectivity index (χ1) is 14.3. The Kier molecular flexibility index (Phi) is 6.74. The van der Waals surface area contributed by atoms with Gasteiger partial charge in [-0.25, -0.2) is 8.42 Å². The molecule has 156 valence electrons. The van der Waals surface area contributed by atoms with Crippen LogP contribution in [0.5, 0.6) is 0 Å². The Morgan fingerprint density at radius 1 is 1.07 bits per heavy atom. The molecule has 1 heterocycles. The minimum Gasteiger partial charge on any atom is -0.352 e. The second-order valence-corrected chi connectivity index (χ2v) is 9.00. The van der Waals surface area contributed by atoms with Gasteiger partial charge in [0, 0.05) is 24.6 Å². The molecule has 0 atom stereocenters. The largest absolute Gasteiger partial charge is 0.352 e. The van der Waals surface area contributed by atoms with Gasteiger partial charge in [-0.15, -0.1) is 0 Å². The van der Waals surface area contributed by atoms with Crippen molar-refractivity contribution in [3.8, 4) is 0 Å². The number of pyridine rings is 1. The molecule has 8 heteroatoms. The third-order valence-corrected chi connectivity index (χ3v) is 6.38. The van der Waals surface area contributed by atoms with E-state index >= 15 is 0 Å². The van der Waals surface area contributed by atoms with Crippen molar-refractivity contribution in [1.82, 2.24) is 10.3 Å². The normalized spacial score (nSPS) is 11.2. The Labute approximate surface area is 181 Å². The molecule has 6 nitrogen and oxygen atoms in total. The number of anilines is 1. The fourth-order valence-corrected chi connectivity index (χ4v) is 4.10. The van der Waals surface area contributed by atoms with Gasteiger partial charge >= 0.3 is 0 Å². The third-order valence-electron chi connectivity index (χ3n) is 4.67. The van der Waals surface area contributed by atoms with Crippen LogP contribution >= 0.6 is 11.6 Å². The number of halogens is 1. The zero-order valence-electron chi connectivity index (χ0n) is 16.6. The molecule has 3 rings (SSSR count). The lowest BCUT2D eigenvalue weighted by atomic mass is 10.1. The number of rotatable bonds is 7. The van der Waals surface area contributed by atoms with E-state index in [4.69, 9.17) is 11.6 Å². The fourth-order valence-electron chi connectivity index (χ4n) is 2.83. The van der Waals surface area contributed by atoms with Crippen LogP contribution in [0.4, 0.5) is 5.69 Å². The van der Waals surface area contributed by atoms with Crippen molar-refractivity contribution in [2.75, 3.05) is 11.3 Å². The molecule has 0 radical (unpaired) electrons. The Morgan fingerprint density at radius 2 is 1.87 bits per heavy atom. The molecule has 1 amide bonds. The molecule has 2 N–H and O–H groups in total. The summed E-state index contributed by atoms with van der Waals surface area (Å²) in [4.78, 5) is 16.5. The van der Waals surface area contributed by atoms with Gasteiger partial charge in [-0.3, -0.25) is 14.5 Å². The number of amides is 1. The molecule has 0 saturated carbocycles. The third kappa shape index (κ3) is 5.37. The van der Waals surface area contributed by atoms with Crippen LogP contribution in [-0.4, -0.2) is 25.9 Å². The van der Waals surface area contributed by atoms with E-state index in [9.17, 15) is 13.2 Å². The van der Waals surface area contributed by atoms with Crippen LogP contribution in [0.15, 0.2) is 65.8 Å². The van der Waals surface area contributed by atoms with E-state index in [0.29, 0.717) is 18.7 Å². The summed E-state index contributed by atoms with van der Waals surface area (Å²) >= 11 is 6.15. The Hall–Kier alpha value is -2.90. The summed E-state index contributed by atoms with van der Waals surface area (Å²) in [5.74, 6) is -0.438. The molecular weight excluding hydrogens is 422 g/mol. The number of hydrogen-bond donors (Lipinski definition) is 2. The average molecular weight is 444 g/mol. The summed E-state index contributed by atoms with van der Waals surface area (Å²) in [5.41, 5.74) is 3.58. The molecule has 0 fully saturated rings. The average Bonchev–Trinajstić information content (AvgIpc) is 2.71. The van der Waals surface area contributed by atoms with Gasteiger partial charge in [-0.1, -0.05) is 23.7 Å². The van der Waals surface area contributed by atoms with Crippen LogP contribution in [0.25, 0.3) is 0 Å². The molecular formula is C22H22ClN3O3S. The second-order valence-electron chi connectivity index (χ2n) is 6.91. The molecule has 1 aromatic heterocycles. The zero-order valence-corrected chi connectivity index (χ0v) is 18.2. The number of aryl methyl sites for hydroxylation is 2. The fraction of sp³-hybridized carbons (Fsp3) is 0.182. The molecule has 0 bridgehead atoms. The lowest BCUT2D eigenvalue weighted by molar-refractivity contribution is 0.0954. The first-order valence-electron chi connectivity index (χ1n) is 9.33. The van der Waals surface area contributed by atoms with Crippen molar-refractivity contribution in [2.45, 2.75) is 25.2 Å². The summed E-state index contributed by atoms with van der Waals surface area (Å²) in [6, 6.07) is 13.1. The van der Waals surface area contributed by atoms with Crippen LogP contribution in [0.1, 0.15) is 27.0 Å². The molecule has 0 unspecified atom stereocenters. The number of aromatic nitrogens is 1. The first-order valence-corrected chi connectivity index (χ1v) is 11.2. The lowest BCUT2D eigenvalue weighted by Gasteiger charge is -2.12. The predicted molar refractivity (Wildman–Crippen MR) is 118 cm³/mol. The predicted octanol–water partition coefficient (Wildman–Crippen LogP) is 4.13. The van der Waals surface area contributed by atoms with E-state index < -0.39 is 15.9 Å². The standard InChI is InChI=1S/C22H22ClN3O3S/c1-15-5-6-18(12-16(15)2)26-30(28,29)19-7-8-21(23)20(13-19)22(27)25-11-9-17-4-3-10-24-14-17/h3-8,10,12-14,26H,9,11H2,1-2H3,(H,25,27). The summed E-state index contributed by atoms with van der Waals surface area (Å²) in [6.07, 6.45) is 4.01. The molecule has 0 aliphatic carbocycles. The molecule has 0 spiro atoms. The van der Waals surface area contributed by atoms with Gasteiger partial charge in [0.25, 0.3) is 15.9 Å². The van der Waals surface area contributed by atoms with E-state index in [1.54, 1.807) is 24.5 Å². The minimum atomic E-state index is -3.88. The van der Waals surface area contributed by atoms with Crippen LogP contribution < -0.4 is 10.0 Å². The van der Waals surface area contributed by atoms with Gasteiger partial charge in [-0.05, 0) is 73.4 Å². The summed E-state index contributed by atoms with van der Waals surface area (Å²) in [6.45, 7) is 4.23. The van der Waals surface area contributed by atoms with Crippen molar-refractivity contribution in [3.05, 3.63) is 88.2 Å². The van der Waals surface area contributed by atoms with Gasteiger partial charge < -0.3 is 5.32 Å². The van der Waals surface area contributed by atoms with E-state index in [2.05, 4.69) is 15.0 Å². The quantitative estimate of drug-likeness (QED) is 0.574.